The number of pyridine rings is 1. The van der Waals surface area contributed by atoms with Crippen LogP contribution in [0.3, 0.4) is 0 Å². The quantitative estimate of drug-likeness (QED) is 0.480. The Morgan fingerprint density at radius 3 is 2.70 bits per heavy atom. The molecule has 4 aromatic heterocycles. The van der Waals surface area contributed by atoms with Gasteiger partial charge >= 0.3 is 0 Å². The molecule has 0 aliphatic heterocycles. The normalized spacial score (nSPS) is 11.3. The highest BCUT2D eigenvalue weighted by Crippen LogP contribution is 2.25. The van der Waals surface area contributed by atoms with Crippen molar-refractivity contribution in [2.75, 3.05) is 5.32 Å². The van der Waals surface area contributed by atoms with Crippen LogP contribution in [0.5, 0.6) is 0 Å². The summed E-state index contributed by atoms with van der Waals surface area (Å²) in [6, 6.07) is 12.2. The molecule has 0 saturated carbocycles. The third kappa shape index (κ3) is 3.32. The average Bonchev–Trinajstić information content (AvgIpc) is 3.47. The van der Waals surface area contributed by atoms with E-state index in [2.05, 4.69) is 55.1 Å². The van der Waals surface area contributed by atoms with E-state index in [0.29, 0.717) is 18.3 Å². The zero-order chi connectivity index (χ0) is 20.7. The first kappa shape index (κ1) is 18.1. The van der Waals surface area contributed by atoms with E-state index in [1.807, 2.05) is 43.8 Å². The van der Waals surface area contributed by atoms with E-state index in [1.54, 1.807) is 11.6 Å². The number of anilines is 1. The van der Waals surface area contributed by atoms with Crippen molar-refractivity contribution in [1.29, 1.82) is 0 Å². The van der Waals surface area contributed by atoms with Crippen LogP contribution in [0.25, 0.3) is 28.3 Å². The van der Waals surface area contributed by atoms with Crippen LogP contribution in [-0.2, 0) is 13.6 Å². The van der Waals surface area contributed by atoms with Crippen molar-refractivity contribution in [2.45, 2.75) is 20.4 Å². The van der Waals surface area contributed by atoms with Gasteiger partial charge in [-0.1, -0.05) is 17.3 Å². The topological polar surface area (TPSA) is 86.1 Å². The Morgan fingerprint density at radius 2 is 1.93 bits per heavy atom. The maximum Gasteiger partial charge on any atom is 0.223 e. The minimum Gasteiger partial charge on any atom is -0.379 e. The standard InChI is InChI=1S/C22H21N7O/c1-14-4-5-17(22-25-15(2)30-27-22)10-20(14)23-12-18-13-24-21-11-16(6-9-29(18)21)19-7-8-28(3)26-19/h4-11,13,23H,12H2,1-3H3. The Balaban J connectivity index is 1.39. The molecule has 30 heavy (non-hydrogen) atoms. The lowest BCUT2D eigenvalue weighted by molar-refractivity contribution is 0.394. The van der Waals surface area contributed by atoms with Crippen LogP contribution in [0.2, 0.25) is 0 Å². The van der Waals surface area contributed by atoms with Crippen LogP contribution in [0.15, 0.2) is 59.5 Å². The van der Waals surface area contributed by atoms with Crippen molar-refractivity contribution >= 4 is 11.3 Å². The van der Waals surface area contributed by atoms with Crippen molar-refractivity contribution in [1.82, 2.24) is 29.3 Å². The van der Waals surface area contributed by atoms with Gasteiger partial charge in [0.15, 0.2) is 0 Å². The van der Waals surface area contributed by atoms with Crippen LogP contribution in [0.1, 0.15) is 17.1 Å². The summed E-state index contributed by atoms with van der Waals surface area (Å²) < 4.78 is 8.98. The van der Waals surface area contributed by atoms with E-state index in [1.165, 1.54) is 0 Å². The van der Waals surface area contributed by atoms with E-state index in [0.717, 1.165) is 39.4 Å². The van der Waals surface area contributed by atoms with Gasteiger partial charge in [-0.3, -0.25) is 4.68 Å². The summed E-state index contributed by atoms with van der Waals surface area (Å²) in [5, 5.41) is 12.0. The van der Waals surface area contributed by atoms with Gasteiger partial charge < -0.3 is 14.2 Å². The van der Waals surface area contributed by atoms with Gasteiger partial charge in [0.1, 0.15) is 5.65 Å². The number of imidazole rings is 1. The lowest BCUT2D eigenvalue weighted by atomic mass is 10.1. The summed E-state index contributed by atoms with van der Waals surface area (Å²) in [5.41, 5.74) is 7.03. The molecule has 1 N–H and O–H groups in total. The molecule has 8 heteroatoms. The molecule has 0 fully saturated rings. The van der Waals surface area contributed by atoms with E-state index < -0.39 is 0 Å². The molecule has 5 rings (SSSR count). The zero-order valence-corrected chi connectivity index (χ0v) is 17.0. The first-order chi connectivity index (χ1) is 14.6. The number of nitrogens with zero attached hydrogens (tertiary/aromatic N) is 6. The Labute approximate surface area is 173 Å². The van der Waals surface area contributed by atoms with Crippen molar-refractivity contribution < 1.29 is 4.52 Å². The second-order valence-corrected chi connectivity index (χ2v) is 7.29. The molecule has 0 aliphatic rings. The molecular formula is C22H21N7O. The van der Waals surface area contributed by atoms with Gasteiger partial charge in [0.25, 0.3) is 0 Å². The zero-order valence-electron chi connectivity index (χ0n) is 17.0. The number of rotatable bonds is 5. The van der Waals surface area contributed by atoms with E-state index in [4.69, 9.17) is 4.52 Å². The maximum atomic E-state index is 5.10. The average molecular weight is 399 g/mol. The fourth-order valence-electron chi connectivity index (χ4n) is 3.45. The summed E-state index contributed by atoms with van der Waals surface area (Å²) in [6.45, 7) is 4.49. The van der Waals surface area contributed by atoms with Gasteiger partial charge in [0, 0.05) is 43.2 Å². The fourth-order valence-corrected chi connectivity index (χ4v) is 3.45. The number of nitrogens with one attached hydrogen (secondary N) is 1. The molecule has 0 atom stereocenters. The molecule has 0 amide bonds. The number of hydrogen-bond donors (Lipinski definition) is 1. The second kappa shape index (κ2) is 7.14. The fraction of sp³-hybridized carbons (Fsp3) is 0.182. The van der Waals surface area contributed by atoms with Crippen LogP contribution >= 0.6 is 0 Å². The molecule has 8 nitrogen and oxygen atoms in total. The molecule has 0 aliphatic carbocycles. The lowest BCUT2D eigenvalue weighted by Gasteiger charge is -2.11. The first-order valence-corrected chi connectivity index (χ1v) is 9.68. The molecule has 0 spiro atoms. The summed E-state index contributed by atoms with van der Waals surface area (Å²) in [6.07, 6.45) is 5.87. The summed E-state index contributed by atoms with van der Waals surface area (Å²) in [7, 11) is 1.91. The highest BCUT2D eigenvalue weighted by Gasteiger charge is 2.10. The molecule has 150 valence electrons. The third-order valence-electron chi connectivity index (χ3n) is 5.08. The highest BCUT2D eigenvalue weighted by molar-refractivity contribution is 5.66. The smallest absolute Gasteiger partial charge is 0.223 e. The Hall–Kier alpha value is -3.94. The molecule has 0 bridgehead atoms. The Bertz CT molecular complexity index is 1340. The predicted molar refractivity (Wildman–Crippen MR) is 114 cm³/mol. The lowest BCUT2D eigenvalue weighted by Crippen LogP contribution is -2.04. The number of aryl methyl sites for hydroxylation is 3. The minimum atomic E-state index is 0.552. The molecule has 0 saturated heterocycles. The van der Waals surface area contributed by atoms with Gasteiger partial charge in [0.05, 0.1) is 24.1 Å². The van der Waals surface area contributed by atoms with Crippen LogP contribution in [0, 0.1) is 13.8 Å². The maximum absolute atomic E-state index is 5.10. The molecule has 4 heterocycles. The minimum absolute atomic E-state index is 0.552. The summed E-state index contributed by atoms with van der Waals surface area (Å²) in [5.74, 6) is 1.14. The third-order valence-corrected chi connectivity index (χ3v) is 5.08. The number of fused-ring (bicyclic) bond motifs is 1. The van der Waals surface area contributed by atoms with Crippen molar-refractivity contribution in [3.63, 3.8) is 0 Å². The van der Waals surface area contributed by atoms with E-state index in [9.17, 15) is 0 Å². The summed E-state index contributed by atoms with van der Waals surface area (Å²) in [4.78, 5) is 8.88. The number of benzene rings is 1. The second-order valence-electron chi connectivity index (χ2n) is 7.29. The van der Waals surface area contributed by atoms with Crippen molar-refractivity contribution in [2.24, 2.45) is 7.05 Å². The van der Waals surface area contributed by atoms with Gasteiger partial charge in [-0.05, 0) is 36.8 Å². The number of aromatic nitrogens is 6. The molecule has 1 aromatic carbocycles. The van der Waals surface area contributed by atoms with Gasteiger partial charge in [-0.25, -0.2) is 4.98 Å². The first-order valence-electron chi connectivity index (χ1n) is 9.68. The van der Waals surface area contributed by atoms with Crippen LogP contribution in [0.4, 0.5) is 5.69 Å². The summed E-state index contributed by atoms with van der Waals surface area (Å²) >= 11 is 0. The van der Waals surface area contributed by atoms with E-state index >= 15 is 0 Å². The van der Waals surface area contributed by atoms with Gasteiger partial charge in [-0.15, -0.1) is 0 Å². The van der Waals surface area contributed by atoms with Crippen molar-refractivity contribution in [3.8, 4) is 22.6 Å². The van der Waals surface area contributed by atoms with Gasteiger partial charge in [0.2, 0.25) is 11.7 Å². The number of hydrogen-bond acceptors (Lipinski definition) is 6. The monoisotopic (exact) mass is 399 g/mol. The van der Waals surface area contributed by atoms with Gasteiger partial charge in [-0.2, -0.15) is 10.1 Å². The van der Waals surface area contributed by atoms with Crippen molar-refractivity contribution in [3.05, 3.63) is 72.1 Å². The molecule has 0 radical (unpaired) electrons. The molecular weight excluding hydrogens is 378 g/mol. The van der Waals surface area contributed by atoms with Crippen LogP contribution in [-0.4, -0.2) is 29.3 Å². The predicted octanol–water partition coefficient (Wildman–Crippen LogP) is 4.01. The largest absolute Gasteiger partial charge is 0.379 e. The molecule has 5 aromatic rings. The SMILES string of the molecule is Cc1nc(-c2ccc(C)c(NCc3cnc4cc(-c5ccn(C)n5)ccn34)c2)no1. The van der Waals surface area contributed by atoms with Crippen LogP contribution < -0.4 is 5.32 Å². The van der Waals surface area contributed by atoms with E-state index in [-0.39, 0.29) is 0 Å². The Morgan fingerprint density at radius 1 is 1.03 bits per heavy atom. The Kier molecular flexibility index (Phi) is 4.31. The molecule has 0 unspecified atom stereocenters. The highest BCUT2D eigenvalue weighted by atomic mass is 16.5.